The second kappa shape index (κ2) is 8.94. The Morgan fingerprint density at radius 2 is 1.53 bits per heavy atom. The molecule has 166 valence electrons. The van der Waals surface area contributed by atoms with Gasteiger partial charge in [0, 0.05) is 16.9 Å². The van der Waals surface area contributed by atoms with E-state index >= 15 is 0 Å². The Bertz CT molecular complexity index is 1170. The Kier molecular flexibility index (Phi) is 6.24. The van der Waals surface area contributed by atoms with E-state index in [0.29, 0.717) is 11.5 Å². The molecule has 5 heteroatoms. The molecule has 0 amide bonds. The first kappa shape index (κ1) is 22.3. The van der Waals surface area contributed by atoms with E-state index in [1.54, 1.807) is 0 Å². The van der Waals surface area contributed by atoms with Crippen LogP contribution in [0.5, 0.6) is 0 Å². The summed E-state index contributed by atoms with van der Waals surface area (Å²) in [7, 11) is 0. The van der Waals surface area contributed by atoms with Crippen molar-refractivity contribution in [1.82, 2.24) is 0 Å². The summed E-state index contributed by atoms with van der Waals surface area (Å²) in [5.41, 5.74) is 0.484. The normalized spacial score (nSPS) is 18.9. The number of hydrogen-bond acceptors (Lipinski definition) is 0. The van der Waals surface area contributed by atoms with E-state index in [0.717, 1.165) is 36.0 Å². The molecule has 1 saturated carbocycles. The largest absolute Gasteiger partial charge is 0.422 e. The van der Waals surface area contributed by atoms with Crippen LogP contribution < -0.4 is 0 Å². The number of alkyl halides is 3. The number of benzene rings is 3. The highest BCUT2D eigenvalue weighted by Crippen LogP contribution is 2.37. The lowest BCUT2D eigenvalue weighted by Gasteiger charge is -2.24. The summed E-state index contributed by atoms with van der Waals surface area (Å²) in [5, 5.41) is -0.181. The zero-order valence-corrected chi connectivity index (χ0v) is 17.7. The highest BCUT2D eigenvalue weighted by atomic mass is 19.4. The first-order chi connectivity index (χ1) is 15.3. The van der Waals surface area contributed by atoms with Gasteiger partial charge in [0.05, 0.1) is 0 Å². The van der Waals surface area contributed by atoms with Crippen molar-refractivity contribution in [3.63, 3.8) is 0 Å². The van der Waals surface area contributed by atoms with Crippen LogP contribution in [-0.2, 0) is 6.18 Å². The van der Waals surface area contributed by atoms with E-state index in [9.17, 15) is 22.0 Å². The van der Waals surface area contributed by atoms with E-state index in [1.807, 2.05) is 24.3 Å². The average molecular weight is 442 g/mol. The van der Waals surface area contributed by atoms with Crippen molar-refractivity contribution in [3.05, 3.63) is 71.3 Å². The maximum atomic E-state index is 14.3. The summed E-state index contributed by atoms with van der Waals surface area (Å²) in [6.45, 7) is 2.24. The molecule has 0 saturated heterocycles. The van der Waals surface area contributed by atoms with Crippen molar-refractivity contribution < 1.29 is 22.0 Å². The Labute approximate surface area is 184 Å². The minimum absolute atomic E-state index is 0.0806. The fraction of sp³-hybridized carbons (Fsp3) is 0.333. The average Bonchev–Trinajstić information content (AvgIpc) is 2.77. The molecular weight excluding hydrogens is 419 g/mol. The Morgan fingerprint density at radius 1 is 0.875 bits per heavy atom. The highest BCUT2D eigenvalue weighted by Gasteiger charge is 2.38. The third kappa shape index (κ3) is 4.65. The Hall–Kier alpha value is -2.87. The summed E-state index contributed by atoms with van der Waals surface area (Å²) in [4.78, 5) is 0. The molecule has 0 N–H and O–H groups in total. The number of fused-ring (bicyclic) bond motifs is 1. The van der Waals surface area contributed by atoms with Crippen molar-refractivity contribution in [3.8, 4) is 23.0 Å². The minimum Gasteiger partial charge on any atom is -0.206 e. The molecule has 32 heavy (non-hydrogen) atoms. The summed E-state index contributed by atoms with van der Waals surface area (Å²) >= 11 is 0. The molecule has 0 radical (unpaired) electrons. The van der Waals surface area contributed by atoms with Gasteiger partial charge in [0.15, 0.2) is 0 Å². The number of hydrogen-bond donors (Lipinski definition) is 0. The van der Waals surface area contributed by atoms with Gasteiger partial charge in [-0.2, -0.15) is 13.2 Å². The molecule has 0 unspecified atom stereocenters. The molecule has 3 aromatic carbocycles. The maximum Gasteiger partial charge on any atom is 0.422 e. The van der Waals surface area contributed by atoms with E-state index in [1.165, 1.54) is 37.5 Å². The zero-order chi connectivity index (χ0) is 22.9. The maximum absolute atomic E-state index is 14.3. The topological polar surface area (TPSA) is 0 Å². The van der Waals surface area contributed by atoms with Gasteiger partial charge >= 0.3 is 6.18 Å². The van der Waals surface area contributed by atoms with Crippen LogP contribution in [0.25, 0.3) is 21.9 Å². The predicted octanol–water partition coefficient (Wildman–Crippen LogP) is 8.37. The molecule has 0 spiro atoms. The molecule has 1 aliphatic carbocycles. The molecular formula is C27H23F5. The highest BCUT2D eigenvalue weighted by molar-refractivity contribution is 5.88. The van der Waals surface area contributed by atoms with Gasteiger partial charge in [0.1, 0.15) is 17.2 Å². The van der Waals surface area contributed by atoms with Crippen LogP contribution in [0.15, 0.2) is 48.5 Å². The smallest absolute Gasteiger partial charge is 0.206 e. The van der Waals surface area contributed by atoms with Gasteiger partial charge in [-0.25, -0.2) is 8.78 Å². The van der Waals surface area contributed by atoms with Crippen LogP contribution in [0.4, 0.5) is 22.0 Å². The molecule has 0 heterocycles. The van der Waals surface area contributed by atoms with Gasteiger partial charge in [-0.05, 0) is 72.4 Å². The van der Waals surface area contributed by atoms with Crippen molar-refractivity contribution in [2.75, 3.05) is 0 Å². The predicted molar refractivity (Wildman–Crippen MR) is 117 cm³/mol. The third-order valence-corrected chi connectivity index (χ3v) is 6.38. The van der Waals surface area contributed by atoms with Crippen molar-refractivity contribution >= 4 is 10.8 Å². The van der Waals surface area contributed by atoms with Crippen LogP contribution in [0.2, 0.25) is 0 Å². The van der Waals surface area contributed by atoms with Gasteiger partial charge in [-0.15, -0.1) is 0 Å². The summed E-state index contributed by atoms with van der Waals surface area (Å²) < 4.78 is 67.1. The van der Waals surface area contributed by atoms with E-state index in [-0.39, 0.29) is 10.8 Å². The van der Waals surface area contributed by atoms with Crippen molar-refractivity contribution in [2.45, 2.75) is 45.2 Å². The second-order valence-electron chi connectivity index (χ2n) is 8.45. The van der Waals surface area contributed by atoms with Crippen LogP contribution in [-0.4, -0.2) is 0 Å². The zero-order valence-electron chi connectivity index (χ0n) is 17.7. The lowest BCUT2D eigenvalue weighted by atomic mass is 9.81. The monoisotopic (exact) mass is 442 g/mol. The molecule has 0 nitrogen and oxygen atoms in total. The standard InChI is InChI=1S/C27H23F5/c1-2-17-3-5-18(6-4-17)7-8-19-9-11-20(12-10-19)21-13-14-23-22(15-21)16-24(28)25(26(23)29)27(30,31)32/h9-18H,2-6H2,1H3. The first-order valence-electron chi connectivity index (χ1n) is 10.9. The third-order valence-electron chi connectivity index (χ3n) is 6.38. The quantitative estimate of drug-likeness (QED) is 0.276. The van der Waals surface area contributed by atoms with Crippen LogP contribution in [0.3, 0.4) is 0 Å². The molecule has 1 aliphatic rings. The molecule has 0 aromatic heterocycles. The lowest BCUT2D eigenvalue weighted by molar-refractivity contribution is -0.142. The fourth-order valence-corrected chi connectivity index (χ4v) is 4.42. The number of halogens is 5. The van der Waals surface area contributed by atoms with E-state index in [4.69, 9.17) is 0 Å². The fourth-order valence-electron chi connectivity index (χ4n) is 4.42. The molecule has 0 bridgehead atoms. The first-order valence-corrected chi connectivity index (χ1v) is 10.9. The van der Waals surface area contributed by atoms with Crippen molar-refractivity contribution in [2.24, 2.45) is 11.8 Å². The van der Waals surface area contributed by atoms with Gasteiger partial charge in [-0.1, -0.05) is 49.5 Å². The van der Waals surface area contributed by atoms with Crippen LogP contribution in [0, 0.1) is 35.3 Å². The van der Waals surface area contributed by atoms with Crippen LogP contribution in [0.1, 0.15) is 50.2 Å². The second-order valence-corrected chi connectivity index (χ2v) is 8.45. The van der Waals surface area contributed by atoms with Gasteiger partial charge in [0.2, 0.25) is 0 Å². The molecule has 3 aromatic rings. The van der Waals surface area contributed by atoms with Gasteiger partial charge in [-0.3, -0.25) is 0 Å². The van der Waals surface area contributed by atoms with Crippen molar-refractivity contribution in [1.29, 1.82) is 0 Å². The molecule has 4 rings (SSSR count). The lowest BCUT2D eigenvalue weighted by Crippen LogP contribution is -2.12. The van der Waals surface area contributed by atoms with E-state index in [2.05, 4.69) is 18.8 Å². The van der Waals surface area contributed by atoms with Gasteiger partial charge < -0.3 is 0 Å². The molecule has 0 atom stereocenters. The Balaban J connectivity index is 1.56. The Morgan fingerprint density at radius 3 is 2.16 bits per heavy atom. The minimum atomic E-state index is -5.09. The SMILES string of the molecule is CCC1CCC(C#Cc2ccc(-c3ccc4c(F)c(C(F)(F)F)c(F)cc4c3)cc2)CC1. The number of rotatable bonds is 2. The van der Waals surface area contributed by atoms with E-state index < -0.39 is 23.4 Å². The summed E-state index contributed by atoms with van der Waals surface area (Å²) in [6, 6.07) is 12.5. The molecule has 1 fully saturated rings. The van der Waals surface area contributed by atoms with Crippen LogP contribution >= 0.6 is 0 Å². The van der Waals surface area contributed by atoms with Gasteiger partial charge in [0.25, 0.3) is 0 Å². The summed E-state index contributed by atoms with van der Waals surface area (Å²) in [5.74, 6) is 4.67. The summed E-state index contributed by atoms with van der Waals surface area (Å²) in [6.07, 6.45) is 0.908. The molecule has 0 aliphatic heterocycles.